The quantitative estimate of drug-likeness (QED) is 0.904. The highest BCUT2D eigenvalue weighted by atomic mass is 79.9. The fourth-order valence-corrected chi connectivity index (χ4v) is 1.74. The smallest absolute Gasteiger partial charge is 0.233 e. The molecule has 16 heavy (non-hydrogen) atoms. The summed E-state index contributed by atoms with van der Waals surface area (Å²) in [6, 6.07) is 0. The second kappa shape index (κ2) is 6.03. The highest BCUT2D eigenvalue weighted by molar-refractivity contribution is 9.10. The Hall–Kier alpha value is -0.840. The Morgan fingerprint density at radius 3 is 2.69 bits per heavy atom. The predicted molar refractivity (Wildman–Crippen MR) is 68.8 cm³/mol. The molecule has 1 aromatic heterocycles. The average Bonchev–Trinajstić information content (AvgIpc) is 2.20. The SMILES string of the molecule is CNc1ncc(Br)c(OC(C)CC(C)C)n1. The standard InChI is InChI=1S/C11H18BrN3O/c1-7(2)5-8(3)16-10-9(12)6-14-11(13-4)15-10/h6-8H,5H2,1-4H3,(H,13,14,15). The fourth-order valence-electron chi connectivity index (χ4n) is 1.46. The van der Waals surface area contributed by atoms with Crippen LogP contribution in [0, 0.1) is 5.92 Å². The van der Waals surface area contributed by atoms with Gasteiger partial charge in [0.1, 0.15) is 0 Å². The van der Waals surface area contributed by atoms with Crippen LogP contribution in [0.25, 0.3) is 0 Å². The van der Waals surface area contributed by atoms with Crippen LogP contribution >= 0.6 is 15.9 Å². The summed E-state index contributed by atoms with van der Waals surface area (Å²) >= 11 is 3.38. The van der Waals surface area contributed by atoms with Crippen LogP contribution in [0.5, 0.6) is 5.88 Å². The van der Waals surface area contributed by atoms with Crippen molar-refractivity contribution in [3.05, 3.63) is 10.7 Å². The van der Waals surface area contributed by atoms with E-state index < -0.39 is 0 Å². The van der Waals surface area contributed by atoms with Crippen molar-refractivity contribution in [3.8, 4) is 5.88 Å². The number of rotatable bonds is 5. The second-order valence-corrected chi connectivity index (χ2v) is 5.01. The second-order valence-electron chi connectivity index (χ2n) is 4.15. The van der Waals surface area contributed by atoms with Gasteiger partial charge in [-0.3, -0.25) is 0 Å². The first-order valence-corrected chi connectivity index (χ1v) is 6.19. The molecular weight excluding hydrogens is 270 g/mol. The summed E-state index contributed by atoms with van der Waals surface area (Å²) in [5.41, 5.74) is 0. The van der Waals surface area contributed by atoms with Crippen LogP contribution in [-0.4, -0.2) is 23.1 Å². The molecule has 0 aliphatic heterocycles. The minimum absolute atomic E-state index is 0.149. The lowest BCUT2D eigenvalue weighted by Gasteiger charge is -2.16. The molecule has 0 radical (unpaired) electrons. The van der Waals surface area contributed by atoms with Crippen molar-refractivity contribution >= 4 is 21.9 Å². The highest BCUT2D eigenvalue weighted by Crippen LogP contribution is 2.24. The monoisotopic (exact) mass is 287 g/mol. The summed E-state index contributed by atoms with van der Waals surface area (Å²) in [5, 5.41) is 2.89. The van der Waals surface area contributed by atoms with E-state index in [1.807, 2.05) is 6.92 Å². The van der Waals surface area contributed by atoms with E-state index in [0.717, 1.165) is 10.9 Å². The molecule has 0 amide bonds. The van der Waals surface area contributed by atoms with Crippen LogP contribution in [0.3, 0.4) is 0 Å². The van der Waals surface area contributed by atoms with Crippen LogP contribution < -0.4 is 10.1 Å². The number of nitrogens with zero attached hydrogens (tertiary/aromatic N) is 2. The summed E-state index contributed by atoms with van der Waals surface area (Å²) in [7, 11) is 1.78. The third-order valence-electron chi connectivity index (χ3n) is 2.05. The van der Waals surface area contributed by atoms with E-state index in [9.17, 15) is 0 Å². The molecule has 0 saturated carbocycles. The zero-order chi connectivity index (χ0) is 12.1. The van der Waals surface area contributed by atoms with Crippen molar-refractivity contribution in [2.24, 2.45) is 5.92 Å². The van der Waals surface area contributed by atoms with E-state index in [1.165, 1.54) is 0 Å². The van der Waals surface area contributed by atoms with Gasteiger partial charge >= 0.3 is 0 Å². The van der Waals surface area contributed by atoms with Crippen LogP contribution in [0.15, 0.2) is 10.7 Å². The average molecular weight is 288 g/mol. The fraction of sp³-hybridized carbons (Fsp3) is 0.636. The molecule has 0 aliphatic carbocycles. The summed E-state index contributed by atoms with van der Waals surface area (Å²) in [5.74, 6) is 1.77. The Morgan fingerprint density at radius 1 is 1.44 bits per heavy atom. The molecule has 1 rings (SSSR count). The number of aromatic nitrogens is 2. The molecule has 0 bridgehead atoms. The van der Waals surface area contributed by atoms with Gasteiger partial charge in [0.25, 0.3) is 0 Å². The molecule has 1 atom stereocenters. The van der Waals surface area contributed by atoms with E-state index in [-0.39, 0.29) is 6.10 Å². The number of halogens is 1. The van der Waals surface area contributed by atoms with Crippen molar-refractivity contribution < 1.29 is 4.74 Å². The molecule has 90 valence electrons. The molecule has 0 fully saturated rings. The van der Waals surface area contributed by atoms with Crippen molar-refractivity contribution in [2.45, 2.75) is 33.3 Å². The van der Waals surface area contributed by atoms with Crippen LogP contribution in [-0.2, 0) is 0 Å². The third-order valence-corrected chi connectivity index (χ3v) is 2.60. The Morgan fingerprint density at radius 2 is 2.12 bits per heavy atom. The largest absolute Gasteiger partial charge is 0.474 e. The van der Waals surface area contributed by atoms with E-state index in [1.54, 1.807) is 13.2 Å². The lowest BCUT2D eigenvalue weighted by Crippen LogP contribution is -2.16. The van der Waals surface area contributed by atoms with Crippen molar-refractivity contribution in [3.63, 3.8) is 0 Å². The molecule has 0 spiro atoms. The minimum atomic E-state index is 0.149. The van der Waals surface area contributed by atoms with E-state index in [0.29, 0.717) is 17.7 Å². The molecule has 5 heteroatoms. The highest BCUT2D eigenvalue weighted by Gasteiger charge is 2.11. The number of hydrogen-bond donors (Lipinski definition) is 1. The van der Waals surface area contributed by atoms with Crippen LogP contribution in [0.2, 0.25) is 0 Å². The first-order chi connectivity index (χ1) is 7.52. The first-order valence-electron chi connectivity index (χ1n) is 5.40. The van der Waals surface area contributed by atoms with Gasteiger partial charge < -0.3 is 10.1 Å². The van der Waals surface area contributed by atoms with Gasteiger partial charge in [-0.25, -0.2) is 4.98 Å². The maximum Gasteiger partial charge on any atom is 0.233 e. The molecule has 1 unspecified atom stereocenters. The molecule has 1 N–H and O–H groups in total. The molecule has 0 aromatic carbocycles. The third kappa shape index (κ3) is 3.96. The first kappa shape index (κ1) is 13.2. The molecular formula is C11H18BrN3O. The summed E-state index contributed by atoms with van der Waals surface area (Å²) in [6.07, 6.45) is 2.85. The molecule has 0 aliphatic rings. The normalized spacial score (nSPS) is 12.6. The van der Waals surface area contributed by atoms with Gasteiger partial charge in [0.2, 0.25) is 11.8 Å². The Kier molecular flexibility index (Phi) is 4.99. The van der Waals surface area contributed by atoms with Gasteiger partial charge in [-0.2, -0.15) is 4.98 Å². The number of anilines is 1. The van der Waals surface area contributed by atoms with E-state index >= 15 is 0 Å². The summed E-state index contributed by atoms with van der Waals surface area (Å²) < 4.78 is 6.54. The van der Waals surface area contributed by atoms with Gasteiger partial charge in [-0.1, -0.05) is 13.8 Å². The zero-order valence-electron chi connectivity index (χ0n) is 10.1. The van der Waals surface area contributed by atoms with E-state index in [2.05, 4.69) is 45.1 Å². The minimum Gasteiger partial charge on any atom is -0.474 e. The van der Waals surface area contributed by atoms with Crippen molar-refractivity contribution in [1.82, 2.24) is 9.97 Å². The van der Waals surface area contributed by atoms with Gasteiger partial charge in [-0.05, 0) is 35.2 Å². The van der Waals surface area contributed by atoms with Crippen molar-refractivity contribution in [2.75, 3.05) is 12.4 Å². The Labute approximate surface area is 105 Å². The number of nitrogens with one attached hydrogen (secondary N) is 1. The Balaban J connectivity index is 2.71. The molecule has 1 heterocycles. The topological polar surface area (TPSA) is 47.0 Å². The lowest BCUT2D eigenvalue weighted by molar-refractivity contribution is 0.184. The van der Waals surface area contributed by atoms with Gasteiger partial charge in [0, 0.05) is 7.05 Å². The summed E-state index contributed by atoms with van der Waals surface area (Å²) in [4.78, 5) is 8.32. The number of hydrogen-bond acceptors (Lipinski definition) is 4. The Bertz CT molecular complexity index is 344. The molecule has 1 aromatic rings. The lowest BCUT2D eigenvalue weighted by atomic mass is 10.1. The van der Waals surface area contributed by atoms with Gasteiger partial charge in [0.05, 0.1) is 16.8 Å². The molecule has 0 saturated heterocycles. The van der Waals surface area contributed by atoms with Gasteiger partial charge in [0.15, 0.2) is 0 Å². The maximum absolute atomic E-state index is 5.76. The predicted octanol–water partition coefficient (Wildman–Crippen LogP) is 3.09. The van der Waals surface area contributed by atoms with E-state index in [4.69, 9.17) is 4.74 Å². The van der Waals surface area contributed by atoms with Crippen LogP contribution in [0.4, 0.5) is 5.95 Å². The summed E-state index contributed by atoms with van der Waals surface area (Å²) in [6.45, 7) is 6.40. The molecule has 4 nitrogen and oxygen atoms in total. The van der Waals surface area contributed by atoms with Gasteiger partial charge in [-0.15, -0.1) is 0 Å². The van der Waals surface area contributed by atoms with Crippen LogP contribution in [0.1, 0.15) is 27.2 Å². The number of ether oxygens (including phenoxy) is 1. The maximum atomic E-state index is 5.76. The zero-order valence-corrected chi connectivity index (χ0v) is 11.7. The van der Waals surface area contributed by atoms with Crippen molar-refractivity contribution in [1.29, 1.82) is 0 Å².